The van der Waals surface area contributed by atoms with E-state index < -0.39 is 51.1 Å². The number of nitrogens with zero attached hydrogens (tertiary/aromatic N) is 3. The smallest absolute Gasteiger partial charge is 0.357 e. The van der Waals surface area contributed by atoms with Crippen molar-refractivity contribution < 1.29 is 37.0 Å². The summed E-state index contributed by atoms with van der Waals surface area (Å²) >= 11 is 0. The lowest BCUT2D eigenvalue weighted by Crippen LogP contribution is -2.55. The number of benzene rings is 2. The number of aryl methyl sites for hydroxylation is 1. The molecule has 3 atom stereocenters. The van der Waals surface area contributed by atoms with Gasteiger partial charge in [-0.15, -0.1) is 0 Å². The van der Waals surface area contributed by atoms with Gasteiger partial charge in [-0.25, -0.2) is 32.1 Å². The Morgan fingerprint density at radius 2 is 1.59 bits per heavy atom. The maximum absolute atomic E-state index is 14.2. The summed E-state index contributed by atoms with van der Waals surface area (Å²) in [6.07, 6.45) is -0.0927. The fourth-order valence-corrected chi connectivity index (χ4v) is 7.57. The number of likely N-dealkylation sites (N-methyl/N-ethyl adjacent to an activating group) is 1. The van der Waals surface area contributed by atoms with E-state index in [4.69, 9.17) is 14.2 Å². The number of methoxy groups -OCH3 is 3. The Morgan fingerprint density at radius 1 is 0.949 bits per heavy atom. The van der Waals surface area contributed by atoms with Crippen molar-refractivity contribution in [1.29, 1.82) is 0 Å². The number of carbonyl (C=O) groups excluding carboxylic acids is 3. The normalized spacial score (nSPS) is 23.5. The third-order valence-corrected chi connectivity index (χ3v) is 9.42. The van der Waals surface area contributed by atoms with Crippen LogP contribution in [-0.4, -0.2) is 76.9 Å². The van der Waals surface area contributed by atoms with Crippen LogP contribution in [0.3, 0.4) is 0 Å². The predicted octanol–water partition coefficient (Wildman–Crippen LogP) is 1.70. The van der Waals surface area contributed by atoms with Crippen molar-refractivity contribution >= 4 is 39.5 Å². The lowest BCUT2D eigenvalue weighted by atomic mass is 9.69. The van der Waals surface area contributed by atoms with Crippen LogP contribution in [0.15, 0.2) is 69.7 Å². The van der Waals surface area contributed by atoms with Crippen LogP contribution >= 0.6 is 0 Å². The lowest BCUT2D eigenvalue weighted by Gasteiger charge is -2.39. The summed E-state index contributed by atoms with van der Waals surface area (Å²) in [6.45, 7) is 1.82. The zero-order chi connectivity index (χ0) is 28.3. The number of amidine groups is 1. The minimum atomic E-state index is -4.40. The molecule has 0 aliphatic carbocycles. The van der Waals surface area contributed by atoms with Gasteiger partial charge >= 0.3 is 17.9 Å². The van der Waals surface area contributed by atoms with Gasteiger partial charge in [0.25, 0.3) is 10.0 Å². The number of para-hydroxylation sites is 1. The highest BCUT2D eigenvalue weighted by molar-refractivity contribution is 7.89. The Hall–Kier alpha value is -4.19. The van der Waals surface area contributed by atoms with E-state index in [1.807, 2.05) is 13.0 Å². The maximum atomic E-state index is 14.2. The van der Waals surface area contributed by atoms with E-state index in [1.54, 1.807) is 42.3 Å². The molecule has 0 aromatic heterocycles. The number of fused-ring (bicyclic) bond motifs is 1. The fourth-order valence-electron chi connectivity index (χ4n) is 5.94. The largest absolute Gasteiger partial charge is 0.467 e. The van der Waals surface area contributed by atoms with E-state index in [1.165, 1.54) is 26.4 Å². The van der Waals surface area contributed by atoms with E-state index in [0.717, 1.165) is 17.0 Å². The number of carbonyl (C=O) groups is 3. The fraction of sp³-hybridized carbons (Fsp3) is 0.333. The summed E-state index contributed by atoms with van der Waals surface area (Å²) in [5.74, 6) is -2.65. The van der Waals surface area contributed by atoms with E-state index >= 15 is 0 Å². The second-order valence-electron chi connectivity index (χ2n) is 9.54. The predicted molar refractivity (Wildman–Crippen MR) is 139 cm³/mol. The van der Waals surface area contributed by atoms with Gasteiger partial charge in [-0.2, -0.15) is 0 Å². The van der Waals surface area contributed by atoms with E-state index in [-0.39, 0.29) is 22.7 Å². The second-order valence-corrected chi connectivity index (χ2v) is 11.4. The van der Waals surface area contributed by atoms with Crippen molar-refractivity contribution in [2.45, 2.75) is 35.7 Å². The van der Waals surface area contributed by atoms with E-state index in [9.17, 15) is 22.8 Å². The molecule has 204 valence electrons. The van der Waals surface area contributed by atoms with Crippen molar-refractivity contribution in [2.75, 3.05) is 33.3 Å². The lowest BCUT2D eigenvalue weighted by molar-refractivity contribution is -0.144. The molecule has 2 aromatic rings. The quantitative estimate of drug-likeness (QED) is 0.401. The van der Waals surface area contributed by atoms with Gasteiger partial charge in [0, 0.05) is 12.7 Å². The zero-order valence-electron chi connectivity index (χ0n) is 22.0. The molecule has 0 saturated carbocycles. The van der Waals surface area contributed by atoms with Gasteiger partial charge in [-0.3, -0.25) is 0 Å². The number of rotatable bonds is 5. The van der Waals surface area contributed by atoms with Gasteiger partial charge < -0.3 is 19.1 Å². The van der Waals surface area contributed by atoms with Gasteiger partial charge in [-0.1, -0.05) is 35.9 Å². The number of anilines is 1. The monoisotopic (exact) mass is 553 g/mol. The molecule has 0 N–H and O–H groups in total. The number of esters is 3. The SMILES string of the molecule is COC(=O)C1=C(C(=O)OC)[C@@H]2N(C)c3ccccc3[C@@]23C[C@@H](C(=O)OC)N(S(=O)(=O)c2ccc(C)cc2)C3=N1. The van der Waals surface area contributed by atoms with Crippen molar-refractivity contribution in [3.8, 4) is 0 Å². The molecular weight excluding hydrogens is 526 g/mol. The van der Waals surface area contributed by atoms with Crippen LogP contribution in [0.4, 0.5) is 5.69 Å². The summed E-state index contributed by atoms with van der Waals surface area (Å²) in [5, 5.41) is 0. The summed E-state index contributed by atoms with van der Waals surface area (Å²) in [5.41, 5.74) is 0.372. The van der Waals surface area contributed by atoms with Crippen molar-refractivity contribution in [2.24, 2.45) is 4.99 Å². The Morgan fingerprint density at radius 3 is 2.21 bits per heavy atom. The molecule has 2 aromatic carbocycles. The summed E-state index contributed by atoms with van der Waals surface area (Å²) in [6, 6.07) is 11.1. The van der Waals surface area contributed by atoms with Crippen LogP contribution < -0.4 is 4.90 Å². The summed E-state index contributed by atoms with van der Waals surface area (Å²) < 4.78 is 44.5. The van der Waals surface area contributed by atoms with Crippen molar-refractivity contribution in [1.82, 2.24) is 4.31 Å². The third-order valence-electron chi connectivity index (χ3n) is 7.61. The molecule has 12 heteroatoms. The second kappa shape index (κ2) is 9.23. The Bertz CT molecular complexity index is 1560. The number of aliphatic imine (C=N–C) groups is 1. The average Bonchev–Trinajstić information content (AvgIpc) is 3.43. The molecule has 0 bridgehead atoms. The average molecular weight is 554 g/mol. The molecule has 0 unspecified atom stereocenters. The molecule has 5 rings (SSSR count). The van der Waals surface area contributed by atoms with Gasteiger partial charge in [0.15, 0.2) is 5.70 Å². The van der Waals surface area contributed by atoms with Gasteiger partial charge in [0.2, 0.25) is 0 Å². The molecule has 3 aliphatic heterocycles. The molecule has 3 heterocycles. The van der Waals surface area contributed by atoms with E-state index in [0.29, 0.717) is 11.3 Å². The topological polar surface area (TPSA) is 132 Å². The Labute approximate surface area is 225 Å². The number of hydrogen-bond donors (Lipinski definition) is 0. The molecule has 1 spiro atoms. The molecule has 1 saturated heterocycles. The van der Waals surface area contributed by atoms with Crippen LogP contribution in [0.2, 0.25) is 0 Å². The van der Waals surface area contributed by atoms with Gasteiger partial charge in [-0.05, 0) is 37.1 Å². The zero-order valence-corrected chi connectivity index (χ0v) is 22.8. The molecule has 1 fully saturated rings. The maximum Gasteiger partial charge on any atom is 0.357 e. The Balaban J connectivity index is 1.88. The first-order chi connectivity index (χ1) is 18.5. The number of hydrogen-bond acceptors (Lipinski definition) is 10. The highest BCUT2D eigenvalue weighted by Crippen LogP contribution is 2.58. The standard InChI is InChI=1S/C27H27N3O8S/c1-15-10-12-16(13-11-15)39(34,35)30-19(23(31)36-3)14-27-17-8-6-7-9-18(17)29(2)22(27)20(24(32)37-4)21(25(33)38-5)28-26(27)30/h6-13,19,22H,14H2,1-5H3/t19-,22-,27-/m0/s1. The van der Waals surface area contributed by atoms with Crippen LogP contribution in [0, 0.1) is 6.92 Å². The number of sulfonamides is 1. The van der Waals surface area contributed by atoms with Crippen LogP contribution in [-0.2, 0) is 44.0 Å². The number of ether oxygens (including phenoxy) is 3. The van der Waals surface area contributed by atoms with Crippen LogP contribution in [0.5, 0.6) is 0 Å². The van der Waals surface area contributed by atoms with Crippen LogP contribution in [0.25, 0.3) is 0 Å². The molecular formula is C27H27N3O8S. The molecule has 11 nitrogen and oxygen atoms in total. The van der Waals surface area contributed by atoms with Crippen molar-refractivity contribution in [3.05, 3.63) is 70.9 Å². The summed E-state index contributed by atoms with van der Waals surface area (Å²) in [7, 11) is 0.806. The highest BCUT2D eigenvalue weighted by Gasteiger charge is 2.68. The molecule has 0 amide bonds. The van der Waals surface area contributed by atoms with Gasteiger partial charge in [0.05, 0.1) is 43.3 Å². The van der Waals surface area contributed by atoms with E-state index in [2.05, 4.69) is 4.99 Å². The highest BCUT2D eigenvalue weighted by atomic mass is 32.2. The molecule has 0 radical (unpaired) electrons. The van der Waals surface area contributed by atoms with Crippen molar-refractivity contribution in [3.63, 3.8) is 0 Å². The first kappa shape index (κ1) is 26.4. The first-order valence-electron chi connectivity index (χ1n) is 12.1. The Kier molecular flexibility index (Phi) is 6.25. The summed E-state index contributed by atoms with van der Waals surface area (Å²) in [4.78, 5) is 45.7. The minimum Gasteiger partial charge on any atom is -0.467 e. The van der Waals surface area contributed by atoms with Crippen LogP contribution in [0.1, 0.15) is 17.5 Å². The molecule has 39 heavy (non-hydrogen) atoms. The molecule has 3 aliphatic rings. The van der Waals surface area contributed by atoms with Gasteiger partial charge in [0.1, 0.15) is 11.9 Å². The first-order valence-corrected chi connectivity index (χ1v) is 13.5. The minimum absolute atomic E-state index is 0.0692. The third kappa shape index (κ3) is 3.58.